The Kier molecular flexibility index (Phi) is 4.08. The first-order valence-electron chi connectivity index (χ1n) is 8.65. The van der Waals surface area contributed by atoms with E-state index in [1.54, 1.807) is 12.1 Å². The first-order valence-corrected chi connectivity index (χ1v) is 9.93. The van der Waals surface area contributed by atoms with Gasteiger partial charge in [-0.05, 0) is 24.1 Å². The molecule has 3 aliphatic carbocycles. The second kappa shape index (κ2) is 6.34. The second-order valence-corrected chi connectivity index (χ2v) is 8.61. The molecule has 0 fully saturated rings. The number of halogens is 5. The van der Waals surface area contributed by atoms with Gasteiger partial charge in [0.05, 0.1) is 21.8 Å². The Balaban J connectivity index is 1.56. The molecule has 29 heavy (non-hydrogen) atoms. The minimum Gasteiger partial charge on any atom is -0.268 e. The Morgan fingerprint density at radius 2 is 1.28 bits per heavy atom. The lowest BCUT2D eigenvalue weighted by atomic mass is 9.70. The fraction of sp³-hybridized carbons (Fsp3) is 0.200. The molecule has 0 saturated heterocycles. The van der Waals surface area contributed by atoms with Crippen LogP contribution in [-0.2, 0) is 0 Å². The normalized spacial score (nSPS) is 26.9. The first-order chi connectivity index (χ1) is 13.8. The number of amides is 2. The van der Waals surface area contributed by atoms with Gasteiger partial charge in [-0.25, -0.2) is 21.9 Å². The molecule has 6 rings (SSSR count). The van der Waals surface area contributed by atoms with E-state index in [1.165, 1.54) is 24.3 Å². The summed E-state index contributed by atoms with van der Waals surface area (Å²) in [6.07, 6.45) is 3.05. The van der Waals surface area contributed by atoms with Gasteiger partial charge in [0, 0.05) is 23.0 Å². The topological polar surface area (TPSA) is 37.4 Å². The van der Waals surface area contributed by atoms with Crippen LogP contribution in [0.2, 0.25) is 0 Å². The molecule has 0 unspecified atom stereocenters. The summed E-state index contributed by atoms with van der Waals surface area (Å²) in [5.41, 5.74) is -0.162. The number of carbonyl (C=O) groups is 2. The van der Waals surface area contributed by atoms with Crippen molar-refractivity contribution in [3.63, 3.8) is 0 Å². The number of allylic oxidation sites excluding steroid dienone is 2. The summed E-state index contributed by atoms with van der Waals surface area (Å²) in [4.78, 5) is 25.3. The van der Waals surface area contributed by atoms with Gasteiger partial charge in [-0.3, -0.25) is 9.59 Å². The summed E-state index contributed by atoms with van der Waals surface area (Å²) in [5, 5.41) is -1.63. The van der Waals surface area contributed by atoms with Gasteiger partial charge in [0.1, 0.15) is 0 Å². The van der Waals surface area contributed by atoms with E-state index in [0.29, 0.717) is 0 Å². The molecule has 0 saturated carbocycles. The number of nitrogens with zero attached hydrogens (tertiary/aromatic N) is 1. The van der Waals surface area contributed by atoms with Crippen molar-refractivity contribution in [3.8, 4) is 0 Å². The fourth-order valence-electron chi connectivity index (χ4n) is 4.20. The Morgan fingerprint density at radius 3 is 1.83 bits per heavy atom. The van der Waals surface area contributed by atoms with E-state index in [0.717, 1.165) is 16.3 Å². The molecule has 0 aromatic heterocycles. The Morgan fingerprint density at radius 1 is 0.793 bits per heavy atom. The largest absolute Gasteiger partial charge is 0.271 e. The lowest BCUT2D eigenvalue weighted by molar-refractivity contribution is 0.0776. The maximum atomic E-state index is 14.5. The third kappa shape index (κ3) is 2.39. The van der Waals surface area contributed by atoms with Crippen LogP contribution in [0.25, 0.3) is 0 Å². The van der Waals surface area contributed by atoms with Gasteiger partial charge in [-0.1, -0.05) is 24.3 Å². The zero-order chi connectivity index (χ0) is 20.6. The Labute approximate surface area is 171 Å². The molecule has 0 radical (unpaired) electrons. The lowest BCUT2D eigenvalue weighted by Crippen LogP contribution is -2.43. The number of benzene rings is 2. The number of alkyl halides is 1. The molecule has 2 aromatic carbocycles. The van der Waals surface area contributed by atoms with Gasteiger partial charge in [0.15, 0.2) is 23.3 Å². The van der Waals surface area contributed by atoms with E-state index in [9.17, 15) is 27.2 Å². The molecule has 2 aromatic rings. The molecular formula is C20H10ClF4NO2S. The van der Waals surface area contributed by atoms with Crippen molar-refractivity contribution in [1.29, 1.82) is 0 Å². The van der Waals surface area contributed by atoms with Crippen LogP contribution in [-0.4, -0.2) is 26.7 Å². The summed E-state index contributed by atoms with van der Waals surface area (Å²) in [7, 11) is 0. The van der Waals surface area contributed by atoms with Crippen molar-refractivity contribution in [2.75, 3.05) is 0 Å². The van der Waals surface area contributed by atoms with Crippen molar-refractivity contribution in [2.24, 2.45) is 0 Å². The lowest BCUT2D eigenvalue weighted by Gasteiger charge is -2.43. The van der Waals surface area contributed by atoms with E-state index in [1.807, 2.05) is 0 Å². The van der Waals surface area contributed by atoms with E-state index in [2.05, 4.69) is 0 Å². The molecule has 2 bridgehead atoms. The average molecular weight is 440 g/mol. The van der Waals surface area contributed by atoms with E-state index in [-0.39, 0.29) is 22.3 Å². The van der Waals surface area contributed by atoms with Crippen LogP contribution in [0.15, 0.2) is 36.4 Å². The van der Waals surface area contributed by atoms with Crippen molar-refractivity contribution < 1.29 is 27.2 Å². The third-order valence-electron chi connectivity index (χ3n) is 5.53. The van der Waals surface area contributed by atoms with Crippen molar-refractivity contribution in [1.82, 2.24) is 4.31 Å². The molecule has 1 heterocycles. The van der Waals surface area contributed by atoms with Crippen LogP contribution in [0.3, 0.4) is 0 Å². The van der Waals surface area contributed by atoms with Gasteiger partial charge in [0.25, 0.3) is 11.8 Å². The maximum absolute atomic E-state index is 14.5. The minimum absolute atomic E-state index is 0.235. The molecule has 0 N–H and O–H groups in total. The smallest absolute Gasteiger partial charge is 0.268 e. The predicted molar refractivity (Wildman–Crippen MR) is 98.9 cm³/mol. The highest BCUT2D eigenvalue weighted by Crippen LogP contribution is 2.54. The van der Waals surface area contributed by atoms with Gasteiger partial charge >= 0.3 is 0 Å². The van der Waals surface area contributed by atoms with Crippen molar-refractivity contribution in [2.45, 2.75) is 22.5 Å². The number of fused-ring (bicyclic) bond motifs is 2. The number of hydrogen-bond donors (Lipinski definition) is 0. The van der Waals surface area contributed by atoms with Gasteiger partial charge in [-0.15, -0.1) is 11.6 Å². The fourth-order valence-corrected chi connectivity index (χ4v) is 5.98. The highest BCUT2D eigenvalue weighted by Gasteiger charge is 2.50. The van der Waals surface area contributed by atoms with Gasteiger partial charge in [-0.2, -0.15) is 0 Å². The number of rotatable bonds is 2. The quantitative estimate of drug-likeness (QED) is 0.127. The van der Waals surface area contributed by atoms with Crippen LogP contribution in [0.5, 0.6) is 0 Å². The molecule has 9 heteroatoms. The molecule has 148 valence electrons. The van der Waals surface area contributed by atoms with E-state index in [4.69, 9.17) is 11.6 Å². The Hall–Kier alpha value is -2.32. The Bertz CT molecular complexity index is 1100. The molecule has 4 atom stereocenters. The minimum atomic E-state index is -1.89. The summed E-state index contributed by atoms with van der Waals surface area (Å²) in [6.45, 7) is 0. The van der Waals surface area contributed by atoms with Gasteiger partial charge in [0.2, 0.25) is 0 Å². The van der Waals surface area contributed by atoms with Crippen LogP contribution in [0.4, 0.5) is 17.6 Å². The van der Waals surface area contributed by atoms with E-state index < -0.39 is 57.5 Å². The standard InChI is InChI=1S/C20H10ClF4NO2S/c21-13-9-5-6-10(12-11(9)14(22)16(24)17(25)15(12)23)18(13)29-26-19(27)7-3-1-2-4-8(7)20(26)28/h1-6,9-10,13,18H/t9-,10-,13-,18-/m0/s1. The first kappa shape index (κ1) is 18.7. The summed E-state index contributed by atoms with van der Waals surface area (Å²) >= 11 is 7.29. The molecule has 0 spiro atoms. The molecule has 3 nitrogen and oxygen atoms in total. The molecule has 2 amide bonds. The monoisotopic (exact) mass is 439 g/mol. The summed E-state index contributed by atoms with van der Waals surface area (Å²) < 4.78 is 57.5. The van der Waals surface area contributed by atoms with Crippen LogP contribution in [0.1, 0.15) is 43.7 Å². The number of hydrogen-bond acceptors (Lipinski definition) is 3. The summed E-state index contributed by atoms with van der Waals surface area (Å²) in [6, 6.07) is 6.28. The van der Waals surface area contributed by atoms with Crippen LogP contribution in [0, 0.1) is 23.3 Å². The zero-order valence-electron chi connectivity index (χ0n) is 14.3. The molecule has 1 aliphatic heterocycles. The number of imide groups is 1. The molecule has 4 aliphatic rings. The highest BCUT2D eigenvalue weighted by atomic mass is 35.5. The van der Waals surface area contributed by atoms with Crippen LogP contribution < -0.4 is 0 Å². The highest BCUT2D eigenvalue weighted by molar-refractivity contribution is 7.98. The average Bonchev–Trinajstić information content (AvgIpc) is 2.97. The maximum Gasteiger partial charge on any atom is 0.271 e. The summed E-state index contributed by atoms with van der Waals surface area (Å²) in [5.74, 6) is -9.65. The third-order valence-corrected chi connectivity index (χ3v) is 7.59. The van der Waals surface area contributed by atoms with Crippen LogP contribution >= 0.6 is 23.5 Å². The van der Waals surface area contributed by atoms with Crippen molar-refractivity contribution in [3.05, 3.63) is 81.9 Å². The predicted octanol–water partition coefficient (Wildman–Crippen LogP) is 4.91. The number of carbonyl (C=O) groups excluding carboxylic acids is 2. The second-order valence-electron chi connectivity index (χ2n) is 6.98. The molecular weight excluding hydrogens is 430 g/mol. The zero-order valence-corrected chi connectivity index (χ0v) is 15.9. The SMILES string of the molecule is O=C1c2ccccc2C(=O)N1S[C@@H]1[C@@H](Cl)[C@H]2C=C[C@H]1c1c(F)c(F)c(F)c(F)c12. The van der Waals surface area contributed by atoms with Gasteiger partial charge < -0.3 is 0 Å². The van der Waals surface area contributed by atoms with Crippen molar-refractivity contribution >= 4 is 35.4 Å². The van der Waals surface area contributed by atoms with E-state index >= 15 is 0 Å².